The molecule has 4 rings (SSSR count). The summed E-state index contributed by atoms with van der Waals surface area (Å²) in [6.07, 6.45) is 6.25. The molecule has 0 aliphatic rings. The molecule has 6 heteroatoms. The Morgan fingerprint density at radius 2 is 1.50 bits per heavy atom. The second kappa shape index (κ2) is 15.4. The summed E-state index contributed by atoms with van der Waals surface area (Å²) in [5.74, 6) is 2.67. The standard InChI is InChI=1S/C34H44FN3O2/c1-4-7-23-38-33-25-31(39-24-9-22-37(5-2)6-3)20-21-32(33)36-34(38)11-8-10-27-14-18-30(19-15-27)40-26-28-12-16-29(35)17-13-28/h12-21,25H,4-11,22-24,26H2,1-3H3. The van der Waals surface area contributed by atoms with Crippen molar-refractivity contribution >= 4 is 11.0 Å². The molecule has 0 aliphatic heterocycles. The van der Waals surface area contributed by atoms with Crippen molar-refractivity contribution < 1.29 is 13.9 Å². The summed E-state index contributed by atoms with van der Waals surface area (Å²) in [5, 5.41) is 0. The Balaban J connectivity index is 1.32. The average molecular weight is 546 g/mol. The van der Waals surface area contributed by atoms with Gasteiger partial charge in [-0.15, -0.1) is 0 Å². The first-order valence-electron chi connectivity index (χ1n) is 14.9. The van der Waals surface area contributed by atoms with Crippen molar-refractivity contribution in [2.75, 3.05) is 26.2 Å². The van der Waals surface area contributed by atoms with Gasteiger partial charge in [-0.25, -0.2) is 9.37 Å². The van der Waals surface area contributed by atoms with Crippen LogP contribution in [0.4, 0.5) is 4.39 Å². The Bertz CT molecular complexity index is 1300. The van der Waals surface area contributed by atoms with E-state index in [0.29, 0.717) is 6.61 Å². The molecule has 3 aromatic carbocycles. The lowest BCUT2D eigenvalue weighted by atomic mass is 10.1. The molecule has 0 radical (unpaired) electrons. The second-order valence-electron chi connectivity index (χ2n) is 10.3. The van der Waals surface area contributed by atoms with E-state index in [1.807, 2.05) is 12.1 Å². The summed E-state index contributed by atoms with van der Waals surface area (Å²) in [7, 11) is 0. The van der Waals surface area contributed by atoms with Gasteiger partial charge in [0.15, 0.2) is 0 Å². The van der Waals surface area contributed by atoms with Gasteiger partial charge in [-0.2, -0.15) is 0 Å². The van der Waals surface area contributed by atoms with Gasteiger partial charge < -0.3 is 18.9 Å². The third-order valence-corrected chi connectivity index (χ3v) is 7.42. The van der Waals surface area contributed by atoms with Crippen molar-refractivity contribution in [3.05, 3.63) is 89.5 Å². The highest BCUT2D eigenvalue weighted by Gasteiger charge is 2.12. The van der Waals surface area contributed by atoms with Crippen LogP contribution in [0.25, 0.3) is 11.0 Å². The first-order valence-corrected chi connectivity index (χ1v) is 14.9. The summed E-state index contributed by atoms with van der Waals surface area (Å²) in [4.78, 5) is 7.44. The lowest BCUT2D eigenvalue weighted by Gasteiger charge is -2.17. The van der Waals surface area contributed by atoms with E-state index in [1.54, 1.807) is 12.1 Å². The van der Waals surface area contributed by atoms with Gasteiger partial charge in [-0.1, -0.05) is 51.5 Å². The van der Waals surface area contributed by atoms with Crippen LogP contribution in [0.2, 0.25) is 0 Å². The summed E-state index contributed by atoms with van der Waals surface area (Å²) >= 11 is 0. The van der Waals surface area contributed by atoms with Crippen molar-refractivity contribution in [3.8, 4) is 11.5 Å². The molecule has 1 heterocycles. The number of hydrogen-bond acceptors (Lipinski definition) is 4. The zero-order valence-corrected chi connectivity index (χ0v) is 24.4. The van der Waals surface area contributed by atoms with Crippen LogP contribution < -0.4 is 9.47 Å². The molecule has 0 fully saturated rings. The van der Waals surface area contributed by atoms with Crippen LogP contribution >= 0.6 is 0 Å². The van der Waals surface area contributed by atoms with Crippen molar-refractivity contribution in [2.45, 2.75) is 72.4 Å². The number of nitrogens with zero attached hydrogens (tertiary/aromatic N) is 3. The number of fused-ring (bicyclic) bond motifs is 1. The zero-order chi connectivity index (χ0) is 28.2. The highest BCUT2D eigenvalue weighted by molar-refractivity contribution is 5.77. The van der Waals surface area contributed by atoms with Crippen LogP contribution in [0, 0.1) is 5.82 Å². The predicted molar refractivity (Wildman–Crippen MR) is 162 cm³/mol. The van der Waals surface area contributed by atoms with Gasteiger partial charge in [0.2, 0.25) is 0 Å². The number of rotatable bonds is 17. The minimum Gasteiger partial charge on any atom is -0.493 e. The van der Waals surface area contributed by atoms with Gasteiger partial charge in [0.05, 0.1) is 17.6 Å². The summed E-state index contributed by atoms with van der Waals surface area (Å²) in [6, 6.07) is 21.0. The third kappa shape index (κ3) is 8.56. The summed E-state index contributed by atoms with van der Waals surface area (Å²) < 4.78 is 27.5. The van der Waals surface area contributed by atoms with Crippen molar-refractivity contribution in [3.63, 3.8) is 0 Å². The molecule has 5 nitrogen and oxygen atoms in total. The molecule has 1 aromatic heterocycles. The maximum Gasteiger partial charge on any atom is 0.123 e. The number of imidazole rings is 1. The van der Waals surface area contributed by atoms with Gasteiger partial charge in [0, 0.05) is 25.6 Å². The number of halogens is 1. The van der Waals surface area contributed by atoms with E-state index >= 15 is 0 Å². The van der Waals surface area contributed by atoms with Crippen molar-refractivity contribution in [1.82, 2.24) is 14.5 Å². The Labute approximate surface area is 238 Å². The highest BCUT2D eigenvalue weighted by atomic mass is 19.1. The van der Waals surface area contributed by atoms with Crippen LogP contribution in [0.15, 0.2) is 66.7 Å². The van der Waals surface area contributed by atoms with E-state index in [4.69, 9.17) is 14.5 Å². The molecule has 4 aromatic rings. The largest absolute Gasteiger partial charge is 0.493 e. The quantitative estimate of drug-likeness (QED) is 0.127. The number of unbranched alkanes of at least 4 members (excludes halogenated alkanes) is 1. The van der Waals surface area contributed by atoms with Gasteiger partial charge >= 0.3 is 0 Å². The lowest BCUT2D eigenvalue weighted by Crippen LogP contribution is -2.25. The monoisotopic (exact) mass is 545 g/mol. The smallest absolute Gasteiger partial charge is 0.123 e. The first-order chi connectivity index (χ1) is 19.6. The van der Waals surface area contributed by atoms with Crippen LogP contribution in [0.3, 0.4) is 0 Å². The maximum atomic E-state index is 13.1. The molecular weight excluding hydrogens is 501 g/mol. The van der Waals surface area contributed by atoms with Crippen LogP contribution in [0.1, 0.15) is 63.4 Å². The van der Waals surface area contributed by atoms with Gasteiger partial charge in [-0.3, -0.25) is 0 Å². The van der Waals surface area contributed by atoms with Gasteiger partial charge in [0.25, 0.3) is 0 Å². The maximum absolute atomic E-state index is 13.1. The molecular formula is C34H44FN3O2. The molecule has 0 saturated heterocycles. The van der Waals surface area contributed by atoms with E-state index in [2.05, 4.69) is 60.6 Å². The lowest BCUT2D eigenvalue weighted by molar-refractivity contribution is 0.249. The third-order valence-electron chi connectivity index (χ3n) is 7.42. The summed E-state index contributed by atoms with van der Waals surface area (Å²) in [6.45, 7) is 12.0. The first kappa shape index (κ1) is 29.6. The van der Waals surface area contributed by atoms with E-state index in [-0.39, 0.29) is 5.82 Å². The Kier molecular flexibility index (Phi) is 11.4. The van der Waals surface area contributed by atoms with E-state index in [9.17, 15) is 4.39 Å². The van der Waals surface area contributed by atoms with Crippen LogP contribution in [-0.4, -0.2) is 40.7 Å². The van der Waals surface area contributed by atoms with E-state index in [1.165, 1.54) is 23.2 Å². The molecule has 0 saturated carbocycles. The van der Waals surface area contributed by atoms with Crippen LogP contribution in [-0.2, 0) is 26.0 Å². The topological polar surface area (TPSA) is 39.5 Å². The molecule has 214 valence electrons. The molecule has 0 atom stereocenters. The molecule has 0 bridgehead atoms. The Morgan fingerprint density at radius 3 is 2.23 bits per heavy atom. The molecule has 0 aliphatic carbocycles. The number of benzene rings is 3. The average Bonchev–Trinajstić information content (AvgIpc) is 3.33. The number of hydrogen-bond donors (Lipinski definition) is 0. The van der Waals surface area contributed by atoms with E-state index in [0.717, 1.165) is 99.7 Å². The fourth-order valence-corrected chi connectivity index (χ4v) is 4.97. The number of aryl methyl sites for hydroxylation is 3. The van der Waals surface area contributed by atoms with E-state index < -0.39 is 0 Å². The highest BCUT2D eigenvalue weighted by Crippen LogP contribution is 2.24. The fraction of sp³-hybridized carbons (Fsp3) is 0.441. The zero-order valence-electron chi connectivity index (χ0n) is 24.4. The molecule has 0 amide bonds. The normalized spacial score (nSPS) is 11.4. The fourth-order valence-electron chi connectivity index (χ4n) is 4.97. The molecule has 0 unspecified atom stereocenters. The molecule has 0 N–H and O–H groups in total. The molecule has 0 spiro atoms. The van der Waals surface area contributed by atoms with Crippen molar-refractivity contribution in [2.24, 2.45) is 0 Å². The minimum atomic E-state index is -0.232. The Morgan fingerprint density at radius 1 is 0.775 bits per heavy atom. The van der Waals surface area contributed by atoms with Crippen molar-refractivity contribution in [1.29, 1.82) is 0 Å². The number of aromatic nitrogens is 2. The predicted octanol–water partition coefficient (Wildman–Crippen LogP) is 7.84. The summed E-state index contributed by atoms with van der Waals surface area (Å²) in [5.41, 5.74) is 4.45. The number of ether oxygens (including phenoxy) is 2. The second-order valence-corrected chi connectivity index (χ2v) is 10.3. The van der Waals surface area contributed by atoms with Crippen LogP contribution in [0.5, 0.6) is 11.5 Å². The van der Waals surface area contributed by atoms with Gasteiger partial charge in [-0.05, 0) is 86.3 Å². The molecule has 40 heavy (non-hydrogen) atoms. The SMILES string of the molecule is CCCCn1c(CCCc2ccc(OCc3ccc(F)cc3)cc2)nc2ccc(OCCCN(CC)CC)cc21. The Hall–Kier alpha value is -3.38. The minimum absolute atomic E-state index is 0.232. The van der Waals surface area contributed by atoms with Gasteiger partial charge in [0.1, 0.15) is 29.7 Å².